The van der Waals surface area contributed by atoms with Crippen molar-refractivity contribution in [2.24, 2.45) is 0 Å². The lowest BCUT2D eigenvalue weighted by Crippen LogP contribution is -2.10. The summed E-state index contributed by atoms with van der Waals surface area (Å²) in [5.41, 5.74) is 2.17. The number of rotatable bonds is 5. The van der Waals surface area contributed by atoms with Gasteiger partial charge in [-0.05, 0) is 17.8 Å². The second kappa shape index (κ2) is 6.11. The lowest BCUT2D eigenvalue weighted by molar-refractivity contribution is 0.674. The number of benzene rings is 1. The molecule has 0 aliphatic rings. The summed E-state index contributed by atoms with van der Waals surface area (Å²) in [6, 6.07) is 10.1. The Labute approximate surface area is 114 Å². The summed E-state index contributed by atoms with van der Waals surface area (Å²) in [7, 11) is -0.766. The number of aromatic nitrogens is 2. The number of aromatic amines is 1. The zero-order chi connectivity index (χ0) is 13.0. The van der Waals surface area contributed by atoms with Gasteiger partial charge in [0.05, 0.1) is 5.69 Å². The predicted molar refractivity (Wildman–Crippen MR) is 78.6 cm³/mol. The fourth-order valence-electron chi connectivity index (χ4n) is 1.80. The van der Waals surface area contributed by atoms with Crippen LogP contribution >= 0.6 is 12.2 Å². The van der Waals surface area contributed by atoms with Crippen LogP contribution in [0.15, 0.2) is 36.5 Å². The highest BCUT2D eigenvalue weighted by molar-refractivity contribution is 7.84. The van der Waals surface area contributed by atoms with Gasteiger partial charge >= 0.3 is 0 Å². The maximum atomic E-state index is 11.5. The summed E-state index contributed by atoms with van der Waals surface area (Å²) in [5, 5.41) is 0. The SMILES string of the molecule is CCS(=O)CCn1c(-c2ccccc2)c[nH]c1=S. The first-order valence-corrected chi connectivity index (χ1v) is 7.80. The number of hydrogen-bond donors (Lipinski definition) is 1. The number of nitrogens with one attached hydrogen (secondary N) is 1. The average molecular weight is 280 g/mol. The molecule has 3 nitrogen and oxygen atoms in total. The summed E-state index contributed by atoms with van der Waals surface area (Å²) >= 11 is 5.27. The van der Waals surface area contributed by atoms with Crippen molar-refractivity contribution >= 4 is 23.0 Å². The molecule has 2 rings (SSSR count). The Morgan fingerprint density at radius 1 is 1.33 bits per heavy atom. The van der Waals surface area contributed by atoms with Crippen molar-refractivity contribution in [2.45, 2.75) is 13.5 Å². The zero-order valence-corrected chi connectivity index (χ0v) is 11.9. The third-order valence-electron chi connectivity index (χ3n) is 2.80. The van der Waals surface area contributed by atoms with E-state index in [9.17, 15) is 4.21 Å². The second-order valence-corrected chi connectivity index (χ2v) is 6.18. The highest BCUT2D eigenvalue weighted by Gasteiger charge is 2.07. The van der Waals surface area contributed by atoms with Gasteiger partial charge in [0.15, 0.2) is 4.77 Å². The third-order valence-corrected chi connectivity index (χ3v) is 4.42. The maximum Gasteiger partial charge on any atom is 0.177 e. The van der Waals surface area contributed by atoms with Crippen molar-refractivity contribution in [3.8, 4) is 11.3 Å². The van der Waals surface area contributed by atoms with Crippen molar-refractivity contribution in [1.82, 2.24) is 9.55 Å². The van der Waals surface area contributed by atoms with Crippen LogP contribution in [0.3, 0.4) is 0 Å². The van der Waals surface area contributed by atoms with E-state index >= 15 is 0 Å². The Hall–Kier alpha value is -1.20. The molecular weight excluding hydrogens is 264 g/mol. The van der Waals surface area contributed by atoms with Gasteiger partial charge in [-0.2, -0.15) is 0 Å². The van der Waals surface area contributed by atoms with Gasteiger partial charge in [0.25, 0.3) is 0 Å². The van der Waals surface area contributed by atoms with E-state index < -0.39 is 10.8 Å². The van der Waals surface area contributed by atoms with Crippen molar-refractivity contribution in [2.75, 3.05) is 11.5 Å². The molecule has 0 aliphatic carbocycles. The first-order chi connectivity index (χ1) is 8.72. The highest BCUT2D eigenvalue weighted by Crippen LogP contribution is 2.19. The minimum absolute atomic E-state index is 0.641. The molecule has 96 valence electrons. The van der Waals surface area contributed by atoms with Gasteiger partial charge in [-0.15, -0.1) is 0 Å². The molecule has 1 aromatic carbocycles. The Bertz CT molecular complexity index is 587. The molecule has 0 amide bonds. The molecule has 0 fully saturated rings. The van der Waals surface area contributed by atoms with Gasteiger partial charge in [0.1, 0.15) is 0 Å². The fraction of sp³-hybridized carbons (Fsp3) is 0.308. The molecule has 2 aromatic rings. The second-order valence-electron chi connectivity index (χ2n) is 3.93. The van der Waals surface area contributed by atoms with Crippen molar-refractivity contribution < 1.29 is 4.21 Å². The van der Waals surface area contributed by atoms with E-state index in [0.717, 1.165) is 11.3 Å². The normalized spacial score (nSPS) is 12.5. The van der Waals surface area contributed by atoms with E-state index in [4.69, 9.17) is 12.2 Å². The van der Waals surface area contributed by atoms with Gasteiger partial charge in [-0.3, -0.25) is 4.21 Å². The van der Waals surface area contributed by atoms with E-state index in [1.54, 1.807) is 0 Å². The number of hydrogen-bond acceptors (Lipinski definition) is 2. The van der Waals surface area contributed by atoms with E-state index in [2.05, 4.69) is 4.98 Å². The number of nitrogens with zero attached hydrogens (tertiary/aromatic N) is 1. The number of H-pyrrole nitrogens is 1. The first kappa shape index (κ1) is 13.2. The molecule has 1 heterocycles. The van der Waals surface area contributed by atoms with Gasteiger partial charge in [0.2, 0.25) is 0 Å². The Balaban J connectivity index is 2.28. The smallest absolute Gasteiger partial charge is 0.177 e. The van der Waals surface area contributed by atoms with Crippen LogP contribution in [0.5, 0.6) is 0 Å². The largest absolute Gasteiger partial charge is 0.337 e. The summed E-state index contributed by atoms with van der Waals surface area (Å²) in [4.78, 5) is 3.06. The van der Waals surface area contributed by atoms with Crippen LogP contribution < -0.4 is 0 Å². The molecule has 18 heavy (non-hydrogen) atoms. The maximum absolute atomic E-state index is 11.5. The minimum Gasteiger partial charge on any atom is -0.337 e. The predicted octanol–water partition coefficient (Wildman–Crippen LogP) is 2.98. The standard InChI is InChI=1S/C13H16N2OS2/c1-2-18(16)9-8-15-12(10-14-13(15)17)11-6-4-3-5-7-11/h3-7,10H,2,8-9H2,1H3,(H,14,17). The Morgan fingerprint density at radius 2 is 2.06 bits per heavy atom. The first-order valence-electron chi connectivity index (χ1n) is 5.91. The monoisotopic (exact) mass is 280 g/mol. The van der Waals surface area contributed by atoms with Crippen LogP contribution in [0.4, 0.5) is 0 Å². The van der Waals surface area contributed by atoms with E-state index in [1.165, 1.54) is 0 Å². The van der Waals surface area contributed by atoms with Crippen LogP contribution in [0.25, 0.3) is 11.3 Å². The molecule has 1 unspecified atom stereocenters. The van der Waals surface area contributed by atoms with Gasteiger partial charge in [-0.1, -0.05) is 37.3 Å². The Kier molecular flexibility index (Phi) is 4.49. The molecule has 0 bridgehead atoms. The molecule has 5 heteroatoms. The van der Waals surface area contributed by atoms with Gasteiger partial charge in [0, 0.05) is 35.0 Å². The summed E-state index contributed by atoms with van der Waals surface area (Å²) in [6.07, 6.45) is 1.91. The lowest BCUT2D eigenvalue weighted by atomic mass is 10.2. The lowest BCUT2D eigenvalue weighted by Gasteiger charge is -2.07. The molecule has 0 spiro atoms. The summed E-state index contributed by atoms with van der Waals surface area (Å²) < 4.78 is 14.2. The van der Waals surface area contributed by atoms with Crippen molar-refractivity contribution in [1.29, 1.82) is 0 Å². The number of imidazole rings is 1. The molecule has 0 saturated carbocycles. The van der Waals surface area contributed by atoms with Crippen LogP contribution in [-0.4, -0.2) is 25.3 Å². The van der Waals surface area contributed by atoms with Crippen LogP contribution in [-0.2, 0) is 17.3 Å². The Morgan fingerprint density at radius 3 is 2.72 bits per heavy atom. The molecule has 1 atom stereocenters. The van der Waals surface area contributed by atoms with Crippen LogP contribution in [0.1, 0.15) is 6.92 Å². The van der Waals surface area contributed by atoms with Gasteiger partial charge < -0.3 is 9.55 Å². The highest BCUT2D eigenvalue weighted by atomic mass is 32.2. The molecule has 0 aliphatic heterocycles. The van der Waals surface area contributed by atoms with Crippen molar-refractivity contribution in [3.05, 3.63) is 41.3 Å². The van der Waals surface area contributed by atoms with Crippen molar-refractivity contribution in [3.63, 3.8) is 0 Å². The third kappa shape index (κ3) is 2.97. The fourth-order valence-corrected chi connectivity index (χ4v) is 2.73. The van der Waals surface area contributed by atoms with E-state index in [1.807, 2.05) is 48.0 Å². The quantitative estimate of drug-likeness (QED) is 0.855. The van der Waals surface area contributed by atoms with Gasteiger partial charge in [-0.25, -0.2) is 0 Å². The van der Waals surface area contributed by atoms with E-state index in [-0.39, 0.29) is 0 Å². The molecular formula is C13H16N2OS2. The topological polar surface area (TPSA) is 37.8 Å². The average Bonchev–Trinajstić information content (AvgIpc) is 2.78. The molecule has 1 N–H and O–H groups in total. The molecule has 0 radical (unpaired) electrons. The molecule has 0 saturated heterocycles. The summed E-state index contributed by atoms with van der Waals surface area (Å²) in [6.45, 7) is 2.62. The zero-order valence-electron chi connectivity index (χ0n) is 10.3. The minimum atomic E-state index is -0.766. The van der Waals surface area contributed by atoms with Crippen LogP contribution in [0.2, 0.25) is 0 Å². The summed E-state index contributed by atoms with van der Waals surface area (Å²) in [5.74, 6) is 1.33. The molecule has 1 aromatic heterocycles. The van der Waals surface area contributed by atoms with Crippen LogP contribution in [0, 0.1) is 4.77 Å². The van der Waals surface area contributed by atoms with E-state index in [0.29, 0.717) is 22.8 Å².